The van der Waals surface area contributed by atoms with Crippen LogP contribution in [0.4, 0.5) is 13.2 Å². The van der Waals surface area contributed by atoms with Crippen LogP contribution in [0.2, 0.25) is 0 Å². The number of aromatic amines is 1. The zero-order valence-electron chi connectivity index (χ0n) is 15.0. The molecule has 0 radical (unpaired) electrons. The summed E-state index contributed by atoms with van der Waals surface area (Å²) in [5.74, 6) is -1.13. The Bertz CT molecular complexity index is 1110. The molecule has 1 aliphatic heterocycles. The van der Waals surface area contributed by atoms with Crippen LogP contribution in [-0.2, 0) is 4.74 Å². The molecular formula is C19H15F3N6O. The third-order valence-corrected chi connectivity index (χ3v) is 4.97. The minimum Gasteiger partial charge on any atom is -0.381 e. The smallest absolute Gasteiger partial charge is 0.381 e. The highest BCUT2D eigenvalue weighted by Crippen LogP contribution is 2.43. The van der Waals surface area contributed by atoms with E-state index in [1.807, 2.05) is 12.1 Å². The molecule has 5 heterocycles. The van der Waals surface area contributed by atoms with Gasteiger partial charge in [-0.2, -0.15) is 18.3 Å². The molecular weight excluding hydrogens is 385 g/mol. The van der Waals surface area contributed by atoms with Gasteiger partial charge in [0.05, 0.1) is 36.4 Å². The standard InChI is InChI=1S/C19H15F3N6O/c20-19(21,22)16(13-9-29-10-13)11-3-4-15(24-6-11)28-8-12(7-25-28)17-26-14-2-1-5-23-18(14)27-17/h1-8,13,16H,9-10H2,(H,23,26,27). The van der Waals surface area contributed by atoms with Gasteiger partial charge in [-0.15, -0.1) is 0 Å². The number of alkyl halides is 3. The Balaban J connectivity index is 1.42. The van der Waals surface area contributed by atoms with Crippen molar-refractivity contribution in [2.45, 2.75) is 12.1 Å². The zero-order valence-corrected chi connectivity index (χ0v) is 15.0. The molecule has 1 atom stereocenters. The Morgan fingerprint density at radius 1 is 1.14 bits per heavy atom. The van der Waals surface area contributed by atoms with E-state index >= 15 is 0 Å². The molecule has 4 aromatic rings. The molecule has 10 heteroatoms. The summed E-state index contributed by atoms with van der Waals surface area (Å²) in [6.07, 6.45) is 1.90. The second kappa shape index (κ2) is 6.66. The summed E-state index contributed by atoms with van der Waals surface area (Å²) in [6.45, 7) is 0.224. The number of aromatic nitrogens is 6. The largest absolute Gasteiger partial charge is 0.396 e. The number of pyridine rings is 2. The maximum Gasteiger partial charge on any atom is 0.396 e. The molecule has 1 unspecified atom stereocenters. The van der Waals surface area contributed by atoms with Gasteiger partial charge in [0.25, 0.3) is 0 Å². The van der Waals surface area contributed by atoms with Gasteiger partial charge in [-0.05, 0) is 23.8 Å². The molecule has 0 aromatic carbocycles. The first-order valence-corrected chi connectivity index (χ1v) is 8.95. The van der Waals surface area contributed by atoms with Gasteiger partial charge in [-0.1, -0.05) is 6.07 Å². The summed E-state index contributed by atoms with van der Waals surface area (Å²) < 4.78 is 46.8. The van der Waals surface area contributed by atoms with Gasteiger partial charge in [0, 0.05) is 24.5 Å². The number of ether oxygens (including phenoxy) is 1. The molecule has 0 bridgehead atoms. The van der Waals surface area contributed by atoms with E-state index in [9.17, 15) is 13.2 Å². The van der Waals surface area contributed by atoms with E-state index in [1.54, 1.807) is 18.6 Å². The van der Waals surface area contributed by atoms with E-state index in [0.29, 0.717) is 22.9 Å². The minimum atomic E-state index is -4.34. The Morgan fingerprint density at radius 2 is 2.00 bits per heavy atom. The molecule has 7 nitrogen and oxygen atoms in total. The van der Waals surface area contributed by atoms with Crippen LogP contribution in [0.3, 0.4) is 0 Å². The lowest BCUT2D eigenvalue weighted by molar-refractivity contribution is -0.191. The van der Waals surface area contributed by atoms with Crippen LogP contribution in [-0.4, -0.2) is 49.1 Å². The van der Waals surface area contributed by atoms with E-state index in [0.717, 1.165) is 5.52 Å². The fourth-order valence-corrected chi connectivity index (χ4v) is 3.44. The summed E-state index contributed by atoms with van der Waals surface area (Å²) in [4.78, 5) is 15.9. The van der Waals surface area contributed by atoms with Crippen molar-refractivity contribution in [1.29, 1.82) is 0 Å². The SMILES string of the molecule is FC(F)(F)C(c1ccc(-n2cc(-c3nc4ncccc4[nH]3)cn2)nc1)C1COC1. The molecule has 5 rings (SSSR count). The van der Waals surface area contributed by atoms with Crippen LogP contribution in [0.15, 0.2) is 49.1 Å². The first-order chi connectivity index (χ1) is 14.0. The van der Waals surface area contributed by atoms with Crippen molar-refractivity contribution in [1.82, 2.24) is 29.7 Å². The molecule has 1 N–H and O–H groups in total. The fraction of sp³-hybridized carbons (Fsp3) is 0.263. The average molecular weight is 400 g/mol. The van der Waals surface area contributed by atoms with Crippen molar-refractivity contribution >= 4 is 11.2 Å². The number of nitrogens with one attached hydrogen (secondary N) is 1. The third-order valence-electron chi connectivity index (χ3n) is 4.97. The lowest BCUT2D eigenvalue weighted by atomic mass is 9.85. The van der Waals surface area contributed by atoms with E-state index in [4.69, 9.17) is 4.74 Å². The number of fused-ring (bicyclic) bond motifs is 1. The first kappa shape index (κ1) is 17.8. The van der Waals surface area contributed by atoms with Crippen LogP contribution >= 0.6 is 0 Å². The Labute approximate surface area is 162 Å². The number of hydrogen-bond acceptors (Lipinski definition) is 5. The monoisotopic (exact) mass is 400 g/mol. The number of H-pyrrole nitrogens is 1. The predicted octanol–water partition coefficient (Wildman–Crippen LogP) is 3.50. The molecule has 29 heavy (non-hydrogen) atoms. The summed E-state index contributed by atoms with van der Waals surface area (Å²) >= 11 is 0. The third kappa shape index (κ3) is 3.25. The molecule has 0 saturated carbocycles. The zero-order chi connectivity index (χ0) is 20.0. The number of nitrogens with zero attached hydrogens (tertiary/aromatic N) is 5. The fourth-order valence-electron chi connectivity index (χ4n) is 3.44. The molecule has 0 spiro atoms. The molecule has 0 aliphatic carbocycles. The van der Waals surface area contributed by atoms with Gasteiger partial charge in [0.1, 0.15) is 5.82 Å². The highest BCUT2D eigenvalue weighted by atomic mass is 19.4. The Morgan fingerprint density at radius 3 is 2.66 bits per heavy atom. The Kier molecular flexibility index (Phi) is 4.09. The topological polar surface area (TPSA) is 81.5 Å². The lowest BCUT2D eigenvalue weighted by Crippen LogP contribution is -2.40. The van der Waals surface area contributed by atoms with Gasteiger partial charge in [-0.3, -0.25) is 0 Å². The van der Waals surface area contributed by atoms with Crippen molar-refractivity contribution < 1.29 is 17.9 Å². The maximum absolute atomic E-state index is 13.5. The minimum absolute atomic E-state index is 0.112. The second-order valence-corrected chi connectivity index (χ2v) is 6.90. The highest BCUT2D eigenvalue weighted by Gasteiger charge is 2.48. The van der Waals surface area contributed by atoms with E-state index < -0.39 is 18.0 Å². The molecule has 4 aromatic heterocycles. The molecule has 148 valence electrons. The summed E-state index contributed by atoms with van der Waals surface area (Å²) in [5, 5.41) is 4.25. The highest BCUT2D eigenvalue weighted by molar-refractivity contribution is 5.75. The van der Waals surface area contributed by atoms with Gasteiger partial charge in [0.2, 0.25) is 0 Å². The van der Waals surface area contributed by atoms with Crippen molar-refractivity contribution in [3.63, 3.8) is 0 Å². The number of halogens is 3. The van der Waals surface area contributed by atoms with E-state index in [-0.39, 0.29) is 18.8 Å². The molecule has 0 amide bonds. The van der Waals surface area contributed by atoms with Crippen LogP contribution in [0.5, 0.6) is 0 Å². The number of imidazole rings is 1. The van der Waals surface area contributed by atoms with Crippen LogP contribution < -0.4 is 0 Å². The second-order valence-electron chi connectivity index (χ2n) is 6.90. The van der Waals surface area contributed by atoms with Crippen LogP contribution in [0.25, 0.3) is 28.4 Å². The quantitative estimate of drug-likeness (QED) is 0.567. The maximum atomic E-state index is 13.5. The molecule has 1 saturated heterocycles. The van der Waals surface area contributed by atoms with Crippen LogP contribution in [0, 0.1) is 5.92 Å². The Hall–Kier alpha value is -3.27. The molecule has 1 fully saturated rings. The number of hydrogen-bond donors (Lipinski definition) is 1. The van der Waals surface area contributed by atoms with Crippen molar-refractivity contribution in [3.8, 4) is 17.2 Å². The normalized spacial score (nSPS) is 16.1. The predicted molar refractivity (Wildman–Crippen MR) is 97.3 cm³/mol. The number of rotatable bonds is 4. The lowest BCUT2D eigenvalue weighted by Gasteiger charge is -2.35. The average Bonchev–Trinajstić information content (AvgIpc) is 3.30. The van der Waals surface area contributed by atoms with E-state index in [2.05, 4.69) is 25.0 Å². The van der Waals surface area contributed by atoms with E-state index in [1.165, 1.54) is 23.0 Å². The van der Waals surface area contributed by atoms with Gasteiger partial charge < -0.3 is 9.72 Å². The molecule has 1 aliphatic rings. The summed E-state index contributed by atoms with van der Waals surface area (Å²) in [7, 11) is 0. The van der Waals surface area contributed by atoms with Gasteiger partial charge >= 0.3 is 6.18 Å². The van der Waals surface area contributed by atoms with Crippen LogP contribution in [0.1, 0.15) is 11.5 Å². The van der Waals surface area contributed by atoms with Gasteiger partial charge in [0.15, 0.2) is 11.5 Å². The first-order valence-electron chi connectivity index (χ1n) is 8.95. The summed E-state index contributed by atoms with van der Waals surface area (Å²) in [5.41, 5.74) is 2.24. The van der Waals surface area contributed by atoms with Gasteiger partial charge in [-0.25, -0.2) is 19.6 Å². The van der Waals surface area contributed by atoms with Crippen molar-refractivity contribution in [3.05, 3.63) is 54.6 Å². The van der Waals surface area contributed by atoms with Crippen molar-refractivity contribution in [2.24, 2.45) is 5.92 Å². The summed E-state index contributed by atoms with van der Waals surface area (Å²) in [6, 6.07) is 6.66. The van der Waals surface area contributed by atoms with Crippen molar-refractivity contribution in [2.75, 3.05) is 13.2 Å².